The number of nitrogens with one attached hydrogen (secondary N) is 3. The smallest absolute Gasteiger partial charge is 0.293 e. The maximum Gasteiger partial charge on any atom is 0.293 e. The number of hydrogen-bond acceptors (Lipinski definition) is 13. The molecule has 4 aromatic carbocycles. The number of methoxy groups -OCH3 is 1. The molecule has 5 fully saturated rings. The molecule has 6 aromatic rings. The number of sulfonamides is 1. The molecule has 1 amide bonds. The Morgan fingerprint density at radius 2 is 1.75 bits per heavy atom. The van der Waals surface area contributed by atoms with Gasteiger partial charge in [-0.2, -0.15) is 0 Å². The number of H-pyrrole nitrogens is 1. The van der Waals surface area contributed by atoms with E-state index in [1.807, 2.05) is 0 Å². The van der Waals surface area contributed by atoms with Gasteiger partial charge in [-0.15, -0.1) is 0 Å². The van der Waals surface area contributed by atoms with Gasteiger partial charge in [0.2, 0.25) is 0 Å². The van der Waals surface area contributed by atoms with Gasteiger partial charge in [0.25, 0.3) is 21.6 Å². The van der Waals surface area contributed by atoms with E-state index in [1.165, 1.54) is 78.2 Å². The highest BCUT2D eigenvalue weighted by Gasteiger charge is 2.55. The number of aliphatic hydroxyl groups is 1. The van der Waals surface area contributed by atoms with Crippen LogP contribution in [-0.4, -0.2) is 102 Å². The molecular formula is C59H69FN8O8S. The highest BCUT2D eigenvalue weighted by Crippen LogP contribution is 2.54. The summed E-state index contributed by atoms with van der Waals surface area (Å²) in [6.07, 6.45) is 11.1. The van der Waals surface area contributed by atoms with Gasteiger partial charge in [0.15, 0.2) is 0 Å². The first-order valence-electron chi connectivity index (χ1n) is 27.2. The van der Waals surface area contributed by atoms with Crippen molar-refractivity contribution in [2.45, 2.75) is 120 Å². The van der Waals surface area contributed by atoms with E-state index >= 15 is 0 Å². The number of nitrogens with zero attached hydrogens (tertiary/aromatic N) is 5. The second-order valence-electron chi connectivity index (χ2n) is 23.1. The molecule has 2 aromatic heterocycles. The Kier molecular flexibility index (Phi) is 14.3. The fourth-order valence-electron chi connectivity index (χ4n) is 12.7. The first kappa shape index (κ1) is 52.5. The van der Waals surface area contributed by atoms with Gasteiger partial charge in [-0.25, -0.2) is 22.5 Å². The average molecular weight is 1070 g/mol. The molecule has 11 rings (SSSR count). The second kappa shape index (κ2) is 21.0. The van der Waals surface area contributed by atoms with Crippen LogP contribution in [0.3, 0.4) is 0 Å². The zero-order chi connectivity index (χ0) is 53.8. The second-order valence-corrected chi connectivity index (χ2v) is 24.8. The molecule has 1 atom stereocenters. The number of halogens is 1. The van der Waals surface area contributed by atoms with Crippen molar-refractivity contribution in [3.8, 4) is 17.2 Å². The molecule has 18 heteroatoms. The van der Waals surface area contributed by atoms with Gasteiger partial charge in [0.05, 0.1) is 39.7 Å². The van der Waals surface area contributed by atoms with E-state index in [0.29, 0.717) is 42.9 Å². The fraction of sp³-hybridized carbons (Fsp3) is 0.458. The van der Waals surface area contributed by atoms with E-state index in [-0.39, 0.29) is 45.5 Å². The predicted molar refractivity (Wildman–Crippen MR) is 294 cm³/mol. The largest absolute Gasteiger partial charge is 0.496 e. The molecule has 2 aliphatic heterocycles. The van der Waals surface area contributed by atoms with Crippen molar-refractivity contribution in [2.75, 3.05) is 56.6 Å². The zero-order valence-corrected chi connectivity index (χ0v) is 45.1. The number of fused-ring (bicyclic) bond motifs is 1. The quantitative estimate of drug-likeness (QED) is 0.0498. The molecule has 4 heterocycles. The third-order valence-corrected chi connectivity index (χ3v) is 18.6. The average Bonchev–Trinajstić information content (AvgIpc) is 3.78. The zero-order valence-electron chi connectivity index (χ0n) is 44.3. The lowest BCUT2D eigenvalue weighted by Gasteiger charge is -2.63. The van der Waals surface area contributed by atoms with Crippen molar-refractivity contribution in [2.24, 2.45) is 11.3 Å². The number of carbonyl (C=O) groups is 1. The molecule has 1 spiro atoms. The summed E-state index contributed by atoms with van der Waals surface area (Å²) >= 11 is 0. The summed E-state index contributed by atoms with van der Waals surface area (Å²) in [5, 5.41) is 25.9. The number of anilines is 2. The number of carbonyl (C=O) groups excluding carboxylic acids is 1. The van der Waals surface area contributed by atoms with Crippen LogP contribution < -0.4 is 24.4 Å². The van der Waals surface area contributed by atoms with E-state index in [2.05, 4.69) is 91.0 Å². The summed E-state index contributed by atoms with van der Waals surface area (Å²) in [5.74, 6) is 0.749. The Balaban J connectivity index is 0.790. The number of aromatic nitrogens is 2. The van der Waals surface area contributed by atoms with E-state index < -0.39 is 42.9 Å². The number of piperazine rings is 1. The van der Waals surface area contributed by atoms with Crippen LogP contribution in [0, 0.1) is 27.3 Å². The van der Waals surface area contributed by atoms with Gasteiger partial charge < -0.3 is 29.8 Å². The van der Waals surface area contributed by atoms with E-state index in [4.69, 9.17) is 9.47 Å². The maximum atomic E-state index is 14.8. The minimum Gasteiger partial charge on any atom is -0.496 e. The summed E-state index contributed by atoms with van der Waals surface area (Å²) in [6, 6.07) is 26.3. The van der Waals surface area contributed by atoms with Crippen molar-refractivity contribution in [3.05, 3.63) is 141 Å². The van der Waals surface area contributed by atoms with Crippen LogP contribution in [0.4, 0.5) is 21.5 Å². The lowest BCUT2D eigenvalue weighted by Crippen LogP contribution is -2.68. The van der Waals surface area contributed by atoms with Crippen LogP contribution in [0.15, 0.2) is 102 Å². The molecule has 406 valence electrons. The summed E-state index contributed by atoms with van der Waals surface area (Å²) in [6.45, 7) is 12.0. The highest BCUT2D eigenvalue weighted by molar-refractivity contribution is 7.90. The van der Waals surface area contributed by atoms with Crippen LogP contribution in [0.25, 0.3) is 11.0 Å². The molecule has 0 bridgehead atoms. The molecule has 2 saturated heterocycles. The standard InChI is InChI=1S/C59H69FN8O8S/c1-37(2)45-10-5-6-11-47(45)53-34-65(33-39-12-15-46(40-8-7-9-40)54(24-39)75-4)22-23-67(53)42-28-59(29-42)35-66(36-59)41-13-16-48(55(25-41)76-43-26-49-50(60)32-63-56(49)62-31-43)57(69)64-77(73,74)44-14-17-51(52(27-44)68(71)72)61-30-38-18-20-58(3,70)21-19-38/h5-6,10-17,24-27,31-32,37-38,40,42,53,61,70H,7-9,18-23,28-30,33-36H2,1-4H3,(H,62,63)(H,64,69)/t38-,53-,58-/m0/s1. The van der Waals surface area contributed by atoms with Gasteiger partial charge in [0, 0.05) is 87.3 Å². The minimum absolute atomic E-state index is 0.0202. The van der Waals surface area contributed by atoms with Crippen LogP contribution in [-0.2, 0) is 16.6 Å². The monoisotopic (exact) mass is 1070 g/mol. The summed E-state index contributed by atoms with van der Waals surface area (Å²) in [7, 11) is -2.86. The molecule has 3 aliphatic carbocycles. The summed E-state index contributed by atoms with van der Waals surface area (Å²) in [4.78, 5) is 39.9. The number of amides is 1. The minimum atomic E-state index is -4.65. The van der Waals surface area contributed by atoms with E-state index in [1.54, 1.807) is 26.2 Å². The molecular weight excluding hydrogens is 1000 g/mol. The number of benzene rings is 4. The normalized spacial score (nSPS) is 22.1. The number of pyridine rings is 1. The number of nitro groups is 1. The number of ether oxygens (including phenoxy) is 2. The molecule has 3 saturated carbocycles. The fourth-order valence-corrected chi connectivity index (χ4v) is 13.7. The number of aromatic amines is 1. The first-order chi connectivity index (χ1) is 36.9. The van der Waals surface area contributed by atoms with Crippen LogP contribution in [0.1, 0.15) is 129 Å². The summed E-state index contributed by atoms with van der Waals surface area (Å²) in [5.41, 5.74) is 5.39. The molecule has 5 aliphatic rings. The van der Waals surface area contributed by atoms with Crippen molar-refractivity contribution < 1.29 is 37.1 Å². The van der Waals surface area contributed by atoms with Gasteiger partial charge in [0.1, 0.15) is 34.4 Å². The van der Waals surface area contributed by atoms with Gasteiger partial charge in [-0.05, 0) is 135 Å². The van der Waals surface area contributed by atoms with Gasteiger partial charge in [-0.1, -0.05) is 56.7 Å². The Hall–Kier alpha value is -6.60. The van der Waals surface area contributed by atoms with Crippen LogP contribution in [0.5, 0.6) is 17.2 Å². The van der Waals surface area contributed by atoms with Crippen LogP contribution in [0.2, 0.25) is 0 Å². The Morgan fingerprint density at radius 3 is 2.48 bits per heavy atom. The molecule has 77 heavy (non-hydrogen) atoms. The topological polar surface area (TPSA) is 195 Å². The van der Waals surface area contributed by atoms with Crippen molar-refractivity contribution in [3.63, 3.8) is 0 Å². The third kappa shape index (κ3) is 10.9. The van der Waals surface area contributed by atoms with Gasteiger partial charge >= 0.3 is 0 Å². The highest BCUT2D eigenvalue weighted by atomic mass is 32.2. The molecule has 4 N–H and O–H groups in total. The van der Waals surface area contributed by atoms with Crippen LogP contribution >= 0.6 is 0 Å². The van der Waals surface area contributed by atoms with E-state index in [9.17, 15) is 32.8 Å². The Morgan fingerprint density at radius 1 is 0.974 bits per heavy atom. The number of nitro benzene ring substituents is 1. The number of rotatable bonds is 17. The first-order valence-corrected chi connectivity index (χ1v) is 28.7. The lowest BCUT2D eigenvalue weighted by atomic mass is 9.59. The summed E-state index contributed by atoms with van der Waals surface area (Å²) < 4.78 is 56.8. The molecule has 0 radical (unpaired) electrons. The maximum absolute atomic E-state index is 14.8. The Bertz CT molecular complexity index is 3300. The van der Waals surface area contributed by atoms with Gasteiger partial charge in [-0.3, -0.25) is 24.7 Å². The molecule has 16 nitrogen and oxygen atoms in total. The SMILES string of the molecule is COc1cc(CN2CCN(C3CC4(C3)CN(c3ccc(C(=O)NS(=O)(=O)c5ccc(NC[C@H]6CC[C@](C)(O)CC6)c([N+](=O)[O-])c5)c(Oc5cnc6[nH]cc(F)c6c5)c3)C4)[C@H](c3ccccc3C(C)C)C2)ccc1C1CCC1. The van der Waals surface area contributed by atoms with Crippen molar-refractivity contribution in [1.29, 1.82) is 0 Å². The lowest BCUT2D eigenvalue weighted by molar-refractivity contribution is -0.384. The molecule has 0 unspecified atom stereocenters. The van der Waals surface area contributed by atoms with Crippen molar-refractivity contribution in [1.82, 2.24) is 24.5 Å². The third-order valence-electron chi connectivity index (χ3n) is 17.3. The van der Waals surface area contributed by atoms with E-state index in [0.717, 1.165) is 82.5 Å². The van der Waals surface area contributed by atoms with Crippen molar-refractivity contribution >= 4 is 44.0 Å². The Labute approximate surface area is 449 Å². The predicted octanol–water partition coefficient (Wildman–Crippen LogP) is 10.8. The number of hydrogen-bond donors (Lipinski definition) is 4.